The van der Waals surface area contributed by atoms with Crippen LogP contribution in [0.25, 0.3) is 0 Å². The minimum Gasteiger partial charge on any atom is -0.493 e. The molecule has 2 aliphatic rings. The second-order valence-corrected chi connectivity index (χ2v) is 9.74. The Balaban J connectivity index is 1.47. The van der Waals surface area contributed by atoms with Gasteiger partial charge in [-0.05, 0) is 36.8 Å². The second-order valence-electron chi connectivity index (χ2n) is 8.57. The van der Waals surface area contributed by atoms with Crippen LogP contribution in [0.5, 0.6) is 11.5 Å². The molecule has 2 fully saturated rings. The number of alkyl halides is 6. The number of hydrogen-bond acceptors (Lipinski definition) is 6. The Morgan fingerprint density at radius 3 is 2.42 bits per heavy atom. The molecule has 0 aromatic heterocycles. The Labute approximate surface area is 218 Å². The van der Waals surface area contributed by atoms with E-state index in [4.69, 9.17) is 14.2 Å². The van der Waals surface area contributed by atoms with Gasteiger partial charge in [0.1, 0.15) is 6.61 Å². The van der Waals surface area contributed by atoms with Crippen LogP contribution in [0.4, 0.5) is 26.3 Å². The fourth-order valence-corrected chi connectivity index (χ4v) is 5.63. The lowest BCUT2D eigenvalue weighted by molar-refractivity contribution is -0.143. The van der Waals surface area contributed by atoms with E-state index in [1.165, 1.54) is 24.9 Å². The third-order valence-electron chi connectivity index (χ3n) is 6.13. The molecule has 2 aromatic rings. The normalized spacial score (nSPS) is 22.2. The van der Waals surface area contributed by atoms with Gasteiger partial charge < -0.3 is 19.5 Å². The average molecular weight is 563 g/mol. The van der Waals surface area contributed by atoms with Gasteiger partial charge >= 0.3 is 12.4 Å². The number of hydrogen-bond donors (Lipinski definition) is 1. The molecule has 13 heteroatoms. The number of carbonyl (C=O) groups excluding carboxylic acids is 1. The average Bonchev–Trinajstić information content (AvgIpc) is 3.59. The van der Waals surface area contributed by atoms with Gasteiger partial charge in [0.05, 0.1) is 37.3 Å². The molecule has 2 aromatic carbocycles. The molecule has 1 saturated carbocycles. The van der Waals surface area contributed by atoms with E-state index in [2.05, 4.69) is 10.3 Å². The van der Waals surface area contributed by atoms with E-state index < -0.39 is 35.6 Å². The van der Waals surface area contributed by atoms with E-state index in [1.54, 1.807) is 12.1 Å². The second kappa shape index (κ2) is 11.0. The molecule has 1 heterocycles. The summed E-state index contributed by atoms with van der Waals surface area (Å²) >= 11 is 1.46. The van der Waals surface area contributed by atoms with Gasteiger partial charge in [0.25, 0.3) is 0 Å². The molecular formula is C25H24F6N2O4S. The molecule has 1 aliphatic carbocycles. The highest BCUT2D eigenvalue weighted by atomic mass is 32.2. The van der Waals surface area contributed by atoms with Crippen LogP contribution in [0.3, 0.4) is 0 Å². The van der Waals surface area contributed by atoms with Gasteiger partial charge in [-0.2, -0.15) is 26.3 Å². The van der Waals surface area contributed by atoms with Crippen molar-refractivity contribution in [1.82, 2.24) is 5.32 Å². The number of fused-ring (bicyclic) bond motifs is 1. The maximum absolute atomic E-state index is 13.4. The largest absolute Gasteiger partial charge is 0.493 e. The lowest BCUT2D eigenvalue weighted by Crippen LogP contribution is -2.34. The van der Waals surface area contributed by atoms with Gasteiger partial charge in [0.2, 0.25) is 5.91 Å². The molecule has 1 N–H and O–H groups in total. The first-order valence-electron chi connectivity index (χ1n) is 11.6. The first-order chi connectivity index (χ1) is 17.9. The highest BCUT2D eigenvalue weighted by Crippen LogP contribution is 2.58. The van der Waals surface area contributed by atoms with Crippen molar-refractivity contribution in [3.63, 3.8) is 0 Å². The van der Waals surface area contributed by atoms with Crippen LogP contribution >= 0.6 is 11.8 Å². The number of ether oxygens (including phenoxy) is 3. The molecule has 1 saturated heterocycles. The molecule has 0 bridgehead atoms. The number of benzene rings is 2. The maximum atomic E-state index is 13.4. The van der Waals surface area contributed by atoms with Crippen molar-refractivity contribution in [1.29, 1.82) is 0 Å². The summed E-state index contributed by atoms with van der Waals surface area (Å²) < 4.78 is 95.3. The molecule has 0 spiro atoms. The van der Waals surface area contributed by atoms with Crippen LogP contribution in [-0.2, 0) is 28.5 Å². The summed E-state index contributed by atoms with van der Waals surface area (Å²) in [5, 5.41) is 3.30. The molecule has 206 valence electrons. The van der Waals surface area contributed by atoms with E-state index in [9.17, 15) is 31.1 Å². The fourth-order valence-electron chi connectivity index (χ4n) is 4.23. The molecule has 3 unspecified atom stereocenters. The topological polar surface area (TPSA) is 69.2 Å². The van der Waals surface area contributed by atoms with E-state index in [1.807, 2.05) is 6.92 Å². The summed E-state index contributed by atoms with van der Waals surface area (Å²) in [5.41, 5.74) is -2.49. The third kappa shape index (κ3) is 6.20. The van der Waals surface area contributed by atoms with Gasteiger partial charge in [-0.3, -0.25) is 9.79 Å². The van der Waals surface area contributed by atoms with Gasteiger partial charge in [-0.15, -0.1) is 0 Å². The van der Waals surface area contributed by atoms with Crippen LogP contribution in [0, 0.1) is 5.92 Å². The zero-order valence-corrected chi connectivity index (χ0v) is 21.1. The number of aliphatic imine (C=N–C) groups is 1. The first kappa shape index (κ1) is 28.1. The van der Waals surface area contributed by atoms with Crippen molar-refractivity contribution in [3.05, 3.63) is 58.7 Å². The monoisotopic (exact) mass is 562 g/mol. The number of rotatable bonds is 9. The van der Waals surface area contributed by atoms with E-state index >= 15 is 0 Å². The molecule has 4 rings (SSSR count). The summed E-state index contributed by atoms with van der Waals surface area (Å²) in [5.74, 6) is -0.181. The Bertz CT molecular complexity index is 1220. The number of carbonyl (C=O) groups is 1. The Morgan fingerprint density at radius 1 is 1.00 bits per heavy atom. The predicted molar refractivity (Wildman–Crippen MR) is 128 cm³/mol. The van der Waals surface area contributed by atoms with E-state index in [0.717, 1.165) is 11.6 Å². The number of thioether (sulfide) groups is 1. The number of amidine groups is 1. The molecule has 1 aliphatic heterocycles. The predicted octanol–water partition coefficient (Wildman–Crippen LogP) is 5.65. The van der Waals surface area contributed by atoms with Gasteiger partial charge in [0.15, 0.2) is 16.7 Å². The fraction of sp³-hybridized carbons (Fsp3) is 0.440. The van der Waals surface area contributed by atoms with Crippen molar-refractivity contribution >= 4 is 22.8 Å². The van der Waals surface area contributed by atoms with Crippen molar-refractivity contribution in [2.45, 2.75) is 37.1 Å². The van der Waals surface area contributed by atoms with Crippen molar-refractivity contribution in [3.8, 4) is 11.5 Å². The van der Waals surface area contributed by atoms with Gasteiger partial charge in [-0.1, -0.05) is 23.9 Å². The van der Waals surface area contributed by atoms with Crippen molar-refractivity contribution in [2.75, 3.05) is 26.9 Å². The summed E-state index contributed by atoms with van der Waals surface area (Å²) in [6.07, 6.45) is -9.91. The van der Waals surface area contributed by atoms with Crippen LogP contribution in [-0.4, -0.2) is 43.2 Å². The number of amides is 1. The van der Waals surface area contributed by atoms with Crippen LogP contribution in [0.2, 0.25) is 0 Å². The Hall–Kier alpha value is -2.93. The summed E-state index contributed by atoms with van der Waals surface area (Å²) in [4.78, 5) is 16.9. The lowest BCUT2D eigenvalue weighted by Gasteiger charge is -2.17. The highest BCUT2D eigenvalue weighted by Gasteiger charge is 2.59. The minimum atomic E-state index is -5.00. The summed E-state index contributed by atoms with van der Waals surface area (Å²) in [7, 11) is 1.36. The van der Waals surface area contributed by atoms with Crippen LogP contribution in [0.15, 0.2) is 41.4 Å². The number of methoxy groups -OCH3 is 1. The third-order valence-corrected chi connectivity index (χ3v) is 7.44. The maximum Gasteiger partial charge on any atom is 0.416 e. The molecule has 0 radical (unpaired) electrons. The molecule has 1 amide bonds. The SMILES string of the molecule is CCOCCN=C1NC(=O)C2C(S1)C2c1ccc(OCc2ccc(C(F)(F)F)cc2C(F)(F)F)c(OC)c1. The highest BCUT2D eigenvalue weighted by molar-refractivity contribution is 8.14. The van der Waals surface area contributed by atoms with Crippen molar-refractivity contribution < 1.29 is 45.3 Å². The van der Waals surface area contributed by atoms with E-state index in [0.29, 0.717) is 31.0 Å². The summed E-state index contributed by atoms with van der Waals surface area (Å²) in [6, 6.07) is 6.26. The molecule has 6 nitrogen and oxygen atoms in total. The first-order valence-corrected chi connectivity index (χ1v) is 12.5. The van der Waals surface area contributed by atoms with Crippen LogP contribution < -0.4 is 14.8 Å². The van der Waals surface area contributed by atoms with Gasteiger partial charge in [-0.25, -0.2) is 0 Å². The van der Waals surface area contributed by atoms with Gasteiger partial charge in [0, 0.05) is 23.3 Å². The van der Waals surface area contributed by atoms with Crippen molar-refractivity contribution in [2.24, 2.45) is 10.9 Å². The summed E-state index contributed by atoms with van der Waals surface area (Å²) in [6.45, 7) is 2.70. The Kier molecular flexibility index (Phi) is 8.17. The number of halogens is 6. The number of nitrogens with one attached hydrogen (secondary N) is 1. The zero-order chi connectivity index (χ0) is 27.7. The zero-order valence-electron chi connectivity index (χ0n) is 20.3. The smallest absolute Gasteiger partial charge is 0.416 e. The number of nitrogens with zero attached hydrogens (tertiary/aromatic N) is 1. The molecule has 38 heavy (non-hydrogen) atoms. The van der Waals surface area contributed by atoms with Crippen LogP contribution in [0.1, 0.15) is 35.1 Å². The molecular weight excluding hydrogens is 538 g/mol. The Morgan fingerprint density at radius 2 is 1.76 bits per heavy atom. The molecule has 3 atom stereocenters. The standard InChI is InChI=1S/C25H24F6N2O4S/c1-3-36-9-8-32-23-33-22(34)20-19(21(20)38-23)13-5-7-17(18(10-13)35-2)37-12-14-4-6-15(24(26,27)28)11-16(14)25(29,30)31/h4-7,10-11,19-21H,3,8-9,12H2,1-2H3,(H,32,33,34). The minimum absolute atomic E-state index is 0.0208. The van der Waals surface area contributed by atoms with E-state index in [-0.39, 0.29) is 40.6 Å². The lowest BCUT2D eigenvalue weighted by atomic mass is 10.0. The quantitative estimate of drug-likeness (QED) is 0.316.